The molecule has 182 valence electrons. The fraction of sp³-hybridized carbons (Fsp3) is 0.815. The molecule has 0 aliphatic rings. The van der Waals surface area contributed by atoms with Gasteiger partial charge in [0.2, 0.25) is 0 Å². The molecule has 31 heavy (non-hydrogen) atoms. The molecule has 0 saturated heterocycles. The largest absolute Gasteiger partial charge is 0.370 e. The summed E-state index contributed by atoms with van der Waals surface area (Å²) in [6.07, 6.45) is 32.1. The summed E-state index contributed by atoms with van der Waals surface area (Å²) in [6.45, 7) is 4.87. The van der Waals surface area contributed by atoms with E-state index in [2.05, 4.69) is 41.5 Å². The highest BCUT2D eigenvalue weighted by Gasteiger charge is 1.94. The lowest BCUT2D eigenvalue weighted by molar-refractivity contribution is 0.590. The highest BCUT2D eigenvalue weighted by atomic mass is 15.1. The molecule has 5 N–H and O–H groups in total. The fourth-order valence-electron chi connectivity index (χ4n) is 3.55. The lowest BCUT2D eigenvalue weighted by Gasteiger charge is -2.06. The number of hydrogen-bond donors (Lipinski definition) is 3. The Morgan fingerprint density at radius 3 is 1.87 bits per heavy atom. The molecular weight excluding hydrogens is 380 g/mol. The van der Waals surface area contributed by atoms with Crippen LogP contribution in [-0.4, -0.2) is 25.6 Å². The van der Waals surface area contributed by atoms with Crippen LogP contribution >= 0.6 is 0 Å². The van der Waals surface area contributed by atoms with Gasteiger partial charge in [0.05, 0.1) is 0 Å². The number of nitrogens with one attached hydrogen (secondary N) is 1. The van der Waals surface area contributed by atoms with Crippen LogP contribution in [0.5, 0.6) is 0 Å². The van der Waals surface area contributed by atoms with Gasteiger partial charge in [0.25, 0.3) is 0 Å². The maximum absolute atomic E-state index is 5.93. The summed E-state index contributed by atoms with van der Waals surface area (Å²) in [5.41, 5.74) is 11.4. The van der Waals surface area contributed by atoms with E-state index in [0.717, 1.165) is 38.9 Å². The van der Waals surface area contributed by atoms with Crippen molar-refractivity contribution in [3.05, 3.63) is 24.3 Å². The third-order valence-corrected chi connectivity index (χ3v) is 5.58. The summed E-state index contributed by atoms with van der Waals surface area (Å²) in [5.74, 6) is 0.616. The number of nitrogens with two attached hydrogens (primary N) is 2. The first kappa shape index (κ1) is 29.7. The zero-order valence-corrected chi connectivity index (χ0v) is 20.8. The summed E-state index contributed by atoms with van der Waals surface area (Å²) in [4.78, 5) is 4.42. The van der Waals surface area contributed by atoms with E-state index in [1.165, 1.54) is 96.3 Å². The second-order valence-corrected chi connectivity index (χ2v) is 8.69. The molecule has 0 aromatic heterocycles. The Balaban J connectivity index is 3.30. The lowest BCUT2D eigenvalue weighted by Crippen LogP contribution is -2.32. The third-order valence-electron chi connectivity index (χ3n) is 5.58. The standard InChI is InChI=1S/C27H54N4/c1-2-3-4-5-6-7-8-9-10-11-12-13-14-16-19-22-25-30-27(29)31-26-23-20-17-15-18-21-24-28/h6-7,9-10H,2-5,8,11-26,28H2,1H3,(H3,29,30,31)/b7-6-,10-9-. The van der Waals surface area contributed by atoms with Crippen molar-refractivity contribution in [2.75, 3.05) is 19.6 Å². The molecule has 0 aliphatic carbocycles. The van der Waals surface area contributed by atoms with E-state index in [1.54, 1.807) is 0 Å². The lowest BCUT2D eigenvalue weighted by atomic mass is 10.1. The zero-order valence-electron chi connectivity index (χ0n) is 20.8. The molecule has 0 aliphatic heterocycles. The van der Waals surface area contributed by atoms with Crippen LogP contribution in [0.25, 0.3) is 0 Å². The molecule has 0 radical (unpaired) electrons. The number of hydrogen-bond acceptors (Lipinski definition) is 2. The maximum atomic E-state index is 5.93. The first-order valence-corrected chi connectivity index (χ1v) is 13.3. The minimum atomic E-state index is 0.616. The number of rotatable bonds is 23. The second kappa shape index (κ2) is 26.7. The van der Waals surface area contributed by atoms with E-state index < -0.39 is 0 Å². The van der Waals surface area contributed by atoms with E-state index in [1.807, 2.05) is 0 Å². The van der Waals surface area contributed by atoms with E-state index in [9.17, 15) is 0 Å². The van der Waals surface area contributed by atoms with Gasteiger partial charge in [-0.1, -0.05) is 95.4 Å². The molecule has 0 atom stereocenters. The molecule has 0 aromatic rings. The number of aliphatic imine (C=N–C) groups is 1. The van der Waals surface area contributed by atoms with Gasteiger partial charge in [-0.05, 0) is 57.9 Å². The van der Waals surface area contributed by atoms with Gasteiger partial charge in [0, 0.05) is 13.1 Å². The van der Waals surface area contributed by atoms with Gasteiger partial charge in [-0.15, -0.1) is 0 Å². The normalized spacial score (nSPS) is 12.4. The molecule has 4 nitrogen and oxygen atoms in total. The predicted molar refractivity (Wildman–Crippen MR) is 141 cm³/mol. The molecule has 0 fully saturated rings. The van der Waals surface area contributed by atoms with Crippen LogP contribution in [0.4, 0.5) is 0 Å². The molecule has 4 heteroatoms. The molecule has 0 saturated carbocycles. The Hall–Kier alpha value is -1.29. The number of unbranched alkanes of at least 4 members (excludes halogenated alkanes) is 14. The average molecular weight is 435 g/mol. The van der Waals surface area contributed by atoms with Gasteiger partial charge in [0.1, 0.15) is 0 Å². The maximum Gasteiger partial charge on any atom is 0.188 e. The van der Waals surface area contributed by atoms with Crippen LogP contribution in [0.2, 0.25) is 0 Å². The molecule has 0 amide bonds. The van der Waals surface area contributed by atoms with Crippen molar-refractivity contribution in [2.45, 2.75) is 122 Å². The van der Waals surface area contributed by atoms with Crippen LogP contribution in [0.1, 0.15) is 122 Å². The van der Waals surface area contributed by atoms with Crippen LogP contribution in [0.3, 0.4) is 0 Å². The van der Waals surface area contributed by atoms with Crippen LogP contribution in [-0.2, 0) is 0 Å². The summed E-state index contributed by atoms with van der Waals surface area (Å²) in [5, 5.41) is 3.25. The van der Waals surface area contributed by atoms with Gasteiger partial charge in [0.15, 0.2) is 5.96 Å². The van der Waals surface area contributed by atoms with E-state index in [0.29, 0.717) is 5.96 Å². The Morgan fingerprint density at radius 1 is 0.677 bits per heavy atom. The molecular formula is C27H54N4. The van der Waals surface area contributed by atoms with Crippen molar-refractivity contribution >= 4 is 5.96 Å². The smallest absolute Gasteiger partial charge is 0.188 e. The van der Waals surface area contributed by atoms with Gasteiger partial charge in [-0.2, -0.15) is 0 Å². The molecule has 0 bridgehead atoms. The van der Waals surface area contributed by atoms with Gasteiger partial charge in [-0.3, -0.25) is 4.99 Å². The van der Waals surface area contributed by atoms with Crippen LogP contribution in [0, 0.1) is 0 Å². The first-order valence-electron chi connectivity index (χ1n) is 13.3. The van der Waals surface area contributed by atoms with Crippen LogP contribution < -0.4 is 16.8 Å². The first-order chi connectivity index (χ1) is 15.3. The topological polar surface area (TPSA) is 76.4 Å². The Kier molecular flexibility index (Phi) is 25.6. The van der Waals surface area contributed by atoms with E-state index in [-0.39, 0.29) is 0 Å². The van der Waals surface area contributed by atoms with Crippen molar-refractivity contribution in [3.63, 3.8) is 0 Å². The number of allylic oxidation sites excluding steroid dienone is 4. The minimum absolute atomic E-state index is 0.616. The van der Waals surface area contributed by atoms with Gasteiger partial charge >= 0.3 is 0 Å². The Morgan fingerprint density at radius 2 is 1.23 bits per heavy atom. The monoisotopic (exact) mass is 434 g/mol. The van der Waals surface area contributed by atoms with Crippen LogP contribution in [0.15, 0.2) is 29.3 Å². The summed E-state index contributed by atoms with van der Waals surface area (Å²) < 4.78 is 0. The van der Waals surface area contributed by atoms with Crippen molar-refractivity contribution in [2.24, 2.45) is 16.5 Å². The van der Waals surface area contributed by atoms with Gasteiger partial charge < -0.3 is 16.8 Å². The third kappa shape index (κ3) is 26.7. The Bertz CT molecular complexity index is 429. The predicted octanol–water partition coefficient (Wildman–Crippen LogP) is 7.00. The SMILES string of the molecule is CCCCC/C=C\C/C=C\CCCCCCCCNC(N)=NCCCCCCCCN. The molecule has 0 heterocycles. The quantitative estimate of drug-likeness (QED) is 0.0701. The van der Waals surface area contributed by atoms with Crippen molar-refractivity contribution in [3.8, 4) is 0 Å². The highest BCUT2D eigenvalue weighted by Crippen LogP contribution is 2.08. The Labute approximate surface area is 194 Å². The molecule has 0 rings (SSSR count). The summed E-state index contributed by atoms with van der Waals surface area (Å²) >= 11 is 0. The van der Waals surface area contributed by atoms with Crippen molar-refractivity contribution in [1.82, 2.24) is 5.32 Å². The van der Waals surface area contributed by atoms with E-state index >= 15 is 0 Å². The zero-order chi connectivity index (χ0) is 22.7. The van der Waals surface area contributed by atoms with Crippen molar-refractivity contribution < 1.29 is 0 Å². The minimum Gasteiger partial charge on any atom is -0.370 e. The number of nitrogens with zero attached hydrogens (tertiary/aromatic N) is 1. The summed E-state index contributed by atoms with van der Waals surface area (Å²) in [6, 6.07) is 0. The highest BCUT2D eigenvalue weighted by molar-refractivity contribution is 5.77. The molecule has 0 spiro atoms. The van der Waals surface area contributed by atoms with Crippen molar-refractivity contribution in [1.29, 1.82) is 0 Å². The average Bonchev–Trinajstić information content (AvgIpc) is 2.77. The second-order valence-electron chi connectivity index (χ2n) is 8.69. The number of guanidine groups is 1. The van der Waals surface area contributed by atoms with Gasteiger partial charge in [-0.25, -0.2) is 0 Å². The molecule has 0 aromatic carbocycles. The fourth-order valence-corrected chi connectivity index (χ4v) is 3.55. The summed E-state index contributed by atoms with van der Waals surface area (Å²) in [7, 11) is 0. The van der Waals surface area contributed by atoms with E-state index in [4.69, 9.17) is 11.5 Å². The molecule has 0 unspecified atom stereocenters.